The summed E-state index contributed by atoms with van der Waals surface area (Å²) in [6.45, 7) is 2.25. The molecule has 2 saturated heterocycles. The summed E-state index contributed by atoms with van der Waals surface area (Å²) in [5.41, 5.74) is -1.05. The maximum absolute atomic E-state index is 14.1. The van der Waals surface area contributed by atoms with E-state index in [2.05, 4.69) is 5.32 Å². The highest BCUT2D eigenvalue weighted by atomic mass is 19.1. The molecule has 0 spiro atoms. The van der Waals surface area contributed by atoms with Crippen molar-refractivity contribution in [2.75, 3.05) is 33.4 Å². The number of benzene rings is 1. The lowest BCUT2D eigenvalue weighted by Crippen LogP contribution is -2.59. The monoisotopic (exact) mass is 366 g/mol. The number of methoxy groups -OCH3 is 1. The third kappa shape index (κ3) is 4.34. The zero-order valence-corrected chi connectivity index (χ0v) is 15.2. The number of hydrogen-bond donors (Lipinski definition) is 2. The second kappa shape index (κ2) is 8.33. The first-order chi connectivity index (χ1) is 12.5. The standard InChI is InChI=1S/C19H27FN2O4/c1-25-16-3-4-17(20)14(11-16)12-22-8-2-7-19(24,18(22)23)13-21-15-5-9-26-10-6-15/h3-4,11,15,21,24H,2,5-10,12-13H2,1H3. The van der Waals surface area contributed by atoms with E-state index in [4.69, 9.17) is 9.47 Å². The van der Waals surface area contributed by atoms with Gasteiger partial charge in [-0.05, 0) is 43.9 Å². The van der Waals surface area contributed by atoms with Crippen molar-refractivity contribution in [3.8, 4) is 5.75 Å². The minimum atomic E-state index is -1.44. The van der Waals surface area contributed by atoms with Crippen LogP contribution in [-0.4, -0.2) is 61.0 Å². The molecule has 0 aromatic heterocycles. The quantitative estimate of drug-likeness (QED) is 0.798. The molecule has 0 radical (unpaired) electrons. The number of rotatable bonds is 6. The van der Waals surface area contributed by atoms with E-state index < -0.39 is 5.60 Å². The number of carbonyl (C=O) groups excluding carboxylic acids is 1. The smallest absolute Gasteiger partial charge is 0.256 e. The SMILES string of the molecule is COc1ccc(F)c(CN2CCCC(O)(CNC3CCOCC3)C2=O)c1. The molecule has 144 valence electrons. The number of amides is 1. The van der Waals surface area contributed by atoms with E-state index in [9.17, 15) is 14.3 Å². The van der Waals surface area contributed by atoms with Gasteiger partial charge in [-0.3, -0.25) is 4.79 Å². The van der Waals surface area contributed by atoms with Gasteiger partial charge in [-0.15, -0.1) is 0 Å². The van der Waals surface area contributed by atoms with Crippen molar-refractivity contribution in [1.82, 2.24) is 10.2 Å². The number of hydrogen-bond acceptors (Lipinski definition) is 5. The number of carbonyl (C=O) groups is 1. The molecule has 0 bridgehead atoms. The molecule has 2 heterocycles. The molecule has 1 aromatic rings. The Labute approximate surface area is 153 Å². The molecular weight excluding hydrogens is 339 g/mol. The van der Waals surface area contributed by atoms with Gasteiger partial charge in [0, 0.05) is 44.5 Å². The number of halogens is 1. The molecule has 26 heavy (non-hydrogen) atoms. The number of nitrogens with zero attached hydrogens (tertiary/aromatic N) is 1. The summed E-state index contributed by atoms with van der Waals surface area (Å²) >= 11 is 0. The van der Waals surface area contributed by atoms with E-state index in [0.29, 0.717) is 43.9 Å². The Morgan fingerprint density at radius 2 is 2.19 bits per heavy atom. The maximum Gasteiger partial charge on any atom is 0.256 e. The maximum atomic E-state index is 14.1. The van der Waals surface area contributed by atoms with E-state index in [1.165, 1.54) is 18.1 Å². The molecule has 7 heteroatoms. The molecule has 3 rings (SSSR count). The molecule has 0 saturated carbocycles. The fourth-order valence-corrected chi connectivity index (χ4v) is 3.60. The highest BCUT2D eigenvalue weighted by molar-refractivity contribution is 5.86. The lowest BCUT2D eigenvalue weighted by atomic mass is 9.90. The summed E-state index contributed by atoms with van der Waals surface area (Å²) < 4.78 is 24.6. The first kappa shape index (κ1) is 19.1. The van der Waals surface area contributed by atoms with Crippen molar-refractivity contribution in [2.45, 2.75) is 43.9 Å². The number of aliphatic hydroxyl groups is 1. The summed E-state index contributed by atoms with van der Waals surface area (Å²) in [4.78, 5) is 14.4. The predicted molar refractivity (Wildman–Crippen MR) is 94.4 cm³/mol. The van der Waals surface area contributed by atoms with Crippen LogP contribution >= 0.6 is 0 Å². The molecule has 2 aliphatic rings. The normalized spacial score (nSPS) is 24.7. The predicted octanol–water partition coefficient (Wildman–Crippen LogP) is 1.46. The summed E-state index contributed by atoms with van der Waals surface area (Å²) in [6.07, 6.45) is 2.86. The molecular formula is C19H27FN2O4. The number of likely N-dealkylation sites (tertiary alicyclic amines) is 1. The summed E-state index contributed by atoms with van der Waals surface area (Å²) in [7, 11) is 1.52. The minimum Gasteiger partial charge on any atom is -0.497 e. The van der Waals surface area contributed by atoms with Crippen LogP contribution in [0, 0.1) is 5.82 Å². The highest BCUT2D eigenvalue weighted by Gasteiger charge is 2.42. The van der Waals surface area contributed by atoms with Crippen LogP contribution in [0.25, 0.3) is 0 Å². The van der Waals surface area contributed by atoms with Crippen molar-refractivity contribution in [3.05, 3.63) is 29.6 Å². The second-order valence-electron chi connectivity index (χ2n) is 7.09. The van der Waals surface area contributed by atoms with Crippen LogP contribution in [-0.2, 0) is 16.1 Å². The van der Waals surface area contributed by atoms with Crippen LogP contribution < -0.4 is 10.1 Å². The van der Waals surface area contributed by atoms with E-state index in [1.807, 2.05) is 0 Å². The zero-order valence-electron chi connectivity index (χ0n) is 15.2. The topological polar surface area (TPSA) is 71.0 Å². The Morgan fingerprint density at radius 1 is 1.42 bits per heavy atom. The van der Waals surface area contributed by atoms with Crippen molar-refractivity contribution < 1.29 is 23.8 Å². The average Bonchev–Trinajstić information content (AvgIpc) is 2.66. The molecule has 1 atom stereocenters. The van der Waals surface area contributed by atoms with E-state index in [1.54, 1.807) is 12.1 Å². The Bertz CT molecular complexity index is 636. The first-order valence-electron chi connectivity index (χ1n) is 9.17. The van der Waals surface area contributed by atoms with E-state index in [0.717, 1.165) is 12.8 Å². The largest absolute Gasteiger partial charge is 0.497 e. The van der Waals surface area contributed by atoms with Gasteiger partial charge >= 0.3 is 0 Å². The molecule has 0 aliphatic carbocycles. The van der Waals surface area contributed by atoms with Crippen LogP contribution in [0.1, 0.15) is 31.2 Å². The number of nitrogens with one attached hydrogen (secondary N) is 1. The molecule has 6 nitrogen and oxygen atoms in total. The number of piperidine rings is 1. The van der Waals surface area contributed by atoms with Crippen LogP contribution in [0.15, 0.2) is 18.2 Å². The minimum absolute atomic E-state index is 0.126. The van der Waals surface area contributed by atoms with Gasteiger partial charge in [0.25, 0.3) is 5.91 Å². The zero-order chi connectivity index (χ0) is 18.6. The molecule has 2 aliphatic heterocycles. The molecule has 1 aromatic carbocycles. The molecule has 1 unspecified atom stereocenters. The fourth-order valence-electron chi connectivity index (χ4n) is 3.60. The van der Waals surface area contributed by atoms with Crippen molar-refractivity contribution in [2.24, 2.45) is 0 Å². The fraction of sp³-hybridized carbons (Fsp3) is 0.632. The molecule has 2 N–H and O–H groups in total. The average molecular weight is 366 g/mol. The summed E-state index contributed by atoms with van der Waals surface area (Å²) in [5.74, 6) is -0.180. The van der Waals surface area contributed by atoms with Gasteiger partial charge in [0.1, 0.15) is 11.6 Å². The van der Waals surface area contributed by atoms with Crippen LogP contribution in [0.5, 0.6) is 5.75 Å². The Morgan fingerprint density at radius 3 is 2.92 bits per heavy atom. The van der Waals surface area contributed by atoms with Gasteiger partial charge in [0.15, 0.2) is 5.60 Å². The van der Waals surface area contributed by atoms with E-state index >= 15 is 0 Å². The van der Waals surface area contributed by atoms with Crippen molar-refractivity contribution >= 4 is 5.91 Å². The third-order valence-corrected chi connectivity index (χ3v) is 5.22. The first-order valence-corrected chi connectivity index (χ1v) is 9.17. The lowest BCUT2D eigenvalue weighted by molar-refractivity contribution is -0.157. The van der Waals surface area contributed by atoms with Gasteiger partial charge in [-0.25, -0.2) is 4.39 Å². The van der Waals surface area contributed by atoms with Crippen LogP contribution in [0.2, 0.25) is 0 Å². The Hall–Kier alpha value is -1.70. The molecule has 2 fully saturated rings. The van der Waals surface area contributed by atoms with Gasteiger partial charge in [-0.2, -0.15) is 0 Å². The summed E-state index contributed by atoms with van der Waals surface area (Å²) in [5, 5.41) is 14.2. The summed E-state index contributed by atoms with van der Waals surface area (Å²) in [6, 6.07) is 4.73. The van der Waals surface area contributed by atoms with Gasteiger partial charge in [0.05, 0.1) is 7.11 Å². The highest BCUT2D eigenvalue weighted by Crippen LogP contribution is 2.26. The Balaban J connectivity index is 1.64. The number of ether oxygens (including phenoxy) is 2. The lowest BCUT2D eigenvalue weighted by Gasteiger charge is -2.39. The second-order valence-corrected chi connectivity index (χ2v) is 7.09. The Kier molecular flexibility index (Phi) is 6.11. The third-order valence-electron chi connectivity index (χ3n) is 5.22. The van der Waals surface area contributed by atoms with Gasteiger partial charge in [-0.1, -0.05) is 0 Å². The molecule has 1 amide bonds. The van der Waals surface area contributed by atoms with Crippen LogP contribution in [0.3, 0.4) is 0 Å². The van der Waals surface area contributed by atoms with Crippen LogP contribution in [0.4, 0.5) is 4.39 Å². The van der Waals surface area contributed by atoms with E-state index in [-0.39, 0.29) is 30.9 Å². The van der Waals surface area contributed by atoms with Gasteiger partial charge in [0.2, 0.25) is 0 Å². The van der Waals surface area contributed by atoms with Crippen molar-refractivity contribution in [3.63, 3.8) is 0 Å². The van der Waals surface area contributed by atoms with Gasteiger partial charge < -0.3 is 24.8 Å². The van der Waals surface area contributed by atoms with Crippen molar-refractivity contribution in [1.29, 1.82) is 0 Å².